The first kappa shape index (κ1) is 24.6. The van der Waals surface area contributed by atoms with Crippen molar-refractivity contribution < 1.29 is 19.1 Å². The molecule has 1 fully saturated rings. The minimum absolute atomic E-state index is 0.0212. The fourth-order valence-corrected chi connectivity index (χ4v) is 5.21. The van der Waals surface area contributed by atoms with Crippen molar-refractivity contribution in [2.24, 2.45) is 0 Å². The Morgan fingerprint density at radius 3 is 2.54 bits per heavy atom. The van der Waals surface area contributed by atoms with Gasteiger partial charge < -0.3 is 19.3 Å². The van der Waals surface area contributed by atoms with Gasteiger partial charge in [-0.3, -0.25) is 4.79 Å². The third kappa shape index (κ3) is 5.10. The van der Waals surface area contributed by atoms with Gasteiger partial charge in [0.25, 0.3) is 0 Å². The van der Waals surface area contributed by atoms with Crippen molar-refractivity contribution in [2.75, 3.05) is 18.0 Å². The molecule has 7 nitrogen and oxygen atoms in total. The van der Waals surface area contributed by atoms with Crippen molar-refractivity contribution in [3.8, 4) is 11.8 Å². The first-order valence-corrected chi connectivity index (χ1v) is 12.6. The number of fused-ring (bicyclic) bond motifs is 2. The maximum Gasteiger partial charge on any atom is 0.410 e. The maximum absolute atomic E-state index is 12.7. The number of benzene rings is 3. The van der Waals surface area contributed by atoms with Gasteiger partial charge in [0.15, 0.2) is 0 Å². The van der Waals surface area contributed by atoms with Crippen LogP contribution in [0.2, 0.25) is 0 Å². The summed E-state index contributed by atoms with van der Waals surface area (Å²) in [7, 11) is 0. The largest absolute Gasteiger partial charge is 0.489 e. The van der Waals surface area contributed by atoms with Crippen LogP contribution in [0.25, 0.3) is 10.8 Å². The lowest BCUT2D eigenvalue weighted by Gasteiger charge is -2.25. The average molecular weight is 498 g/mol. The van der Waals surface area contributed by atoms with E-state index < -0.39 is 5.60 Å². The van der Waals surface area contributed by atoms with E-state index in [-0.39, 0.29) is 24.1 Å². The van der Waals surface area contributed by atoms with Crippen LogP contribution in [0.3, 0.4) is 0 Å². The molecule has 0 N–H and O–H groups in total. The van der Waals surface area contributed by atoms with Gasteiger partial charge in [-0.1, -0.05) is 18.2 Å². The summed E-state index contributed by atoms with van der Waals surface area (Å²) in [6, 6.07) is 19.7. The molecule has 2 amide bonds. The van der Waals surface area contributed by atoms with Gasteiger partial charge in [-0.15, -0.1) is 0 Å². The molecule has 37 heavy (non-hydrogen) atoms. The second kappa shape index (κ2) is 9.44. The van der Waals surface area contributed by atoms with E-state index in [1.54, 1.807) is 11.8 Å². The molecule has 2 atom stereocenters. The lowest BCUT2D eigenvalue weighted by atomic mass is 9.98. The van der Waals surface area contributed by atoms with Crippen LogP contribution >= 0.6 is 0 Å². The smallest absolute Gasteiger partial charge is 0.410 e. The van der Waals surface area contributed by atoms with E-state index >= 15 is 0 Å². The molecule has 2 aliphatic rings. The molecule has 3 aromatic rings. The highest BCUT2D eigenvalue weighted by molar-refractivity contribution is 5.95. The Morgan fingerprint density at radius 2 is 1.81 bits per heavy atom. The second-order valence-electron chi connectivity index (χ2n) is 10.8. The Bertz CT molecular complexity index is 1420. The number of ether oxygens (including phenoxy) is 2. The lowest BCUT2D eigenvalue weighted by molar-refractivity contribution is -0.116. The molecule has 0 aliphatic carbocycles. The molecule has 1 saturated heterocycles. The lowest BCUT2D eigenvalue weighted by Crippen LogP contribution is -2.36. The van der Waals surface area contributed by atoms with Gasteiger partial charge in [0.05, 0.1) is 24.2 Å². The van der Waals surface area contributed by atoms with E-state index in [9.17, 15) is 14.9 Å². The van der Waals surface area contributed by atoms with Crippen molar-refractivity contribution in [3.63, 3.8) is 0 Å². The Morgan fingerprint density at radius 1 is 1.03 bits per heavy atom. The molecule has 190 valence electrons. The van der Waals surface area contributed by atoms with Crippen LogP contribution in [0.4, 0.5) is 10.5 Å². The molecule has 0 radical (unpaired) electrons. The van der Waals surface area contributed by atoms with Crippen molar-refractivity contribution in [1.82, 2.24) is 4.90 Å². The van der Waals surface area contributed by atoms with Gasteiger partial charge in [-0.2, -0.15) is 5.26 Å². The molecule has 3 aromatic carbocycles. The molecule has 0 saturated carbocycles. The first-order valence-electron chi connectivity index (χ1n) is 12.6. The summed E-state index contributed by atoms with van der Waals surface area (Å²) in [4.78, 5) is 28.6. The van der Waals surface area contributed by atoms with E-state index in [0.717, 1.165) is 39.8 Å². The van der Waals surface area contributed by atoms with Crippen molar-refractivity contribution >= 4 is 28.5 Å². The molecular formula is C30H31N3O4. The third-order valence-corrected chi connectivity index (χ3v) is 6.85. The van der Waals surface area contributed by atoms with E-state index in [0.29, 0.717) is 25.1 Å². The number of amides is 2. The van der Waals surface area contributed by atoms with E-state index in [1.807, 2.05) is 68.1 Å². The van der Waals surface area contributed by atoms with Crippen LogP contribution in [-0.4, -0.2) is 41.7 Å². The fraction of sp³-hybridized carbons (Fsp3) is 0.367. The van der Waals surface area contributed by atoms with Gasteiger partial charge in [-0.05, 0) is 85.5 Å². The topological polar surface area (TPSA) is 82.9 Å². The minimum Gasteiger partial charge on any atom is -0.489 e. The molecule has 7 heteroatoms. The van der Waals surface area contributed by atoms with Crippen molar-refractivity contribution in [2.45, 2.75) is 58.3 Å². The SMILES string of the molecule is CC(=O)N1c2ccc(OC3CCN(C(=O)OC(C)(C)C)C3)cc2CC1c1ccc2ccc(C#N)cc2c1. The number of rotatable bonds is 3. The third-order valence-electron chi connectivity index (χ3n) is 6.85. The zero-order valence-corrected chi connectivity index (χ0v) is 21.7. The van der Waals surface area contributed by atoms with Crippen LogP contribution < -0.4 is 9.64 Å². The van der Waals surface area contributed by atoms with Crippen molar-refractivity contribution in [3.05, 3.63) is 71.3 Å². The minimum atomic E-state index is -0.530. The van der Waals surface area contributed by atoms with Crippen LogP contribution in [-0.2, 0) is 16.0 Å². The van der Waals surface area contributed by atoms with Crippen molar-refractivity contribution in [1.29, 1.82) is 5.26 Å². The van der Waals surface area contributed by atoms with Gasteiger partial charge in [-0.25, -0.2) is 4.79 Å². The van der Waals surface area contributed by atoms with Gasteiger partial charge in [0.2, 0.25) is 5.91 Å². The molecule has 0 spiro atoms. The molecule has 2 heterocycles. The summed E-state index contributed by atoms with van der Waals surface area (Å²) in [5.74, 6) is 0.711. The number of anilines is 1. The zero-order valence-electron chi connectivity index (χ0n) is 21.7. The highest BCUT2D eigenvalue weighted by Crippen LogP contribution is 2.43. The quantitative estimate of drug-likeness (QED) is 0.460. The zero-order chi connectivity index (χ0) is 26.3. The van der Waals surface area contributed by atoms with Gasteiger partial charge in [0.1, 0.15) is 17.5 Å². The Kier molecular flexibility index (Phi) is 6.28. The van der Waals surface area contributed by atoms with E-state index in [4.69, 9.17) is 9.47 Å². The Labute approximate surface area is 217 Å². The number of likely N-dealkylation sites (tertiary alicyclic amines) is 1. The highest BCUT2D eigenvalue weighted by Gasteiger charge is 2.35. The Balaban J connectivity index is 1.34. The van der Waals surface area contributed by atoms with Crippen LogP contribution in [0.5, 0.6) is 5.75 Å². The van der Waals surface area contributed by atoms with E-state index in [2.05, 4.69) is 18.2 Å². The summed E-state index contributed by atoms with van der Waals surface area (Å²) < 4.78 is 11.7. The van der Waals surface area contributed by atoms with Crippen LogP contribution in [0, 0.1) is 11.3 Å². The fourth-order valence-electron chi connectivity index (χ4n) is 5.21. The standard InChI is InChI=1S/C30H31N3O4/c1-19(34)33-27-10-9-25(36-26-11-12-32(18-26)29(35)37-30(2,3)4)15-24(27)16-28(33)22-8-7-21-6-5-20(17-31)13-23(21)14-22/h5-10,13-15,26,28H,11-12,16,18H2,1-4H3. The van der Waals surface area contributed by atoms with E-state index in [1.165, 1.54) is 0 Å². The van der Waals surface area contributed by atoms with Gasteiger partial charge >= 0.3 is 6.09 Å². The number of nitrogens with zero attached hydrogens (tertiary/aromatic N) is 3. The number of carbonyl (C=O) groups excluding carboxylic acids is 2. The second-order valence-corrected chi connectivity index (χ2v) is 10.8. The van der Waals surface area contributed by atoms with Gasteiger partial charge in [0, 0.05) is 25.6 Å². The number of hydrogen-bond donors (Lipinski definition) is 0. The summed E-state index contributed by atoms with van der Waals surface area (Å²) in [5, 5.41) is 11.3. The predicted molar refractivity (Wildman–Crippen MR) is 142 cm³/mol. The monoisotopic (exact) mass is 497 g/mol. The maximum atomic E-state index is 12.7. The summed E-state index contributed by atoms with van der Waals surface area (Å²) in [6.07, 6.45) is 0.983. The molecule has 5 rings (SSSR count). The van der Waals surface area contributed by atoms with Crippen LogP contribution in [0.1, 0.15) is 56.8 Å². The number of nitriles is 1. The summed E-state index contributed by atoms with van der Waals surface area (Å²) >= 11 is 0. The number of carbonyl (C=O) groups is 2. The highest BCUT2D eigenvalue weighted by atomic mass is 16.6. The summed E-state index contributed by atoms with van der Waals surface area (Å²) in [5.41, 5.74) is 3.04. The number of hydrogen-bond acceptors (Lipinski definition) is 5. The molecule has 0 aromatic heterocycles. The Hall–Kier alpha value is -4.05. The predicted octanol–water partition coefficient (Wildman–Crippen LogP) is 5.75. The molecule has 2 unspecified atom stereocenters. The summed E-state index contributed by atoms with van der Waals surface area (Å²) in [6.45, 7) is 8.25. The molecule has 2 aliphatic heterocycles. The molecular weight excluding hydrogens is 466 g/mol. The molecule has 0 bridgehead atoms. The van der Waals surface area contributed by atoms with Crippen LogP contribution in [0.15, 0.2) is 54.6 Å². The normalized spacial score (nSPS) is 19.0. The first-order chi connectivity index (χ1) is 17.6. The average Bonchev–Trinajstić information content (AvgIpc) is 3.47.